The number of hydrogen-bond donors (Lipinski definition) is 2. The molecule has 0 aliphatic carbocycles. The predicted octanol–water partition coefficient (Wildman–Crippen LogP) is 2.25. The molecule has 0 radical (unpaired) electrons. The Morgan fingerprint density at radius 1 is 1.44 bits per heavy atom. The zero-order valence-corrected chi connectivity index (χ0v) is 9.67. The fourth-order valence-corrected chi connectivity index (χ4v) is 1.79. The van der Waals surface area contributed by atoms with Gasteiger partial charge in [0.2, 0.25) is 0 Å². The Bertz CT molecular complexity index is 541. The Morgan fingerprint density at radius 2 is 2.00 bits per heavy atom. The van der Waals surface area contributed by atoms with E-state index in [0.29, 0.717) is 0 Å². The maximum Gasteiger partial charge on any atom is 0.396 e. The number of nitriles is 1. The highest BCUT2D eigenvalue weighted by Crippen LogP contribution is 2.43. The molecule has 0 fully saturated rings. The van der Waals surface area contributed by atoms with Crippen molar-refractivity contribution >= 4 is 0 Å². The van der Waals surface area contributed by atoms with Crippen molar-refractivity contribution in [1.82, 2.24) is 4.98 Å². The Hall–Kier alpha value is -1.97. The molecule has 0 saturated heterocycles. The van der Waals surface area contributed by atoms with Crippen molar-refractivity contribution in [3.63, 3.8) is 0 Å². The highest BCUT2D eigenvalue weighted by molar-refractivity contribution is 5.47. The number of aromatic hydroxyl groups is 1. The number of alkyl halides is 3. The van der Waals surface area contributed by atoms with Crippen LogP contribution in [0, 0.1) is 17.2 Å². The molecule has 18 heavy (non-hydrogen) atoms. The van der Waals surface area contributed by atoms with Crippen LogP contribution in [0.5, 0.6) is 5.75 Å². The normalized spacial score (nSPS) is 13.4. The van der Waals surface area contributed by atoms with Gasteiger partial charge in [-0.3, -0.25) is 4.79 Å². The molecular formula is C11H11F3N2O2. The molecule has 2 N–H and O–H groups in total. The van der Waals surface area contributed by atoms with E-state index in [4.69, 9.17) is 5.26 Å². The topological polar surface area (TPSA) is 76.9 Å². The monoisotopic (exact) mass is 260 g/mol. The Balaban J connectivity index is 3.50. The molecule has 1 aromatic rings. The Morgan fingerprint density at radius 3 is 2.39 bits per heavy atom. The molecule has 1 rings (SSSR count). The molecule has 7 heteroatoms. The molecule has 0 amide bonds. The predicted molar refractivity (Wildman–Crippen MR) is 57.1 cm³/mol. The van der Waals surface area contributed by atoms with Gasteiger partial charge in [0, 0.05) is 11.8 Å². The van der Waals surface area contributed by atoms with Gasteiger partial charge in [-0.1, -0.05) is 13.8 Å². The van der Waals surface area contributed by atoms with Crippen LogP contribution >= 0.6 is 0 Å². The summed E-state index contributed by atoms with van der Waals surface area (Å²) in [4.78, 5) is 13.2. The van der Waals surface area contributed by atoms with Gasteiger partial charge in [-0.2, -0.15) is 18.4 Å². The highest BCUT2D eigenvalue weighted by Gasteiger charge is 2.44. The van der Waals surface area contributed by atoms with Crippen molar-refractivity contribution in [1.29, 1.82) is 5.26 Å². The average molecular weight is 260 g/mol. The lowest BCUT2D eigenvalue weighted by molar-refractivity contribution is -0.160. The van der Waals surface area contributed by atoms with Crippen LogP contribution < -0.4 is 5.56 Å². The van der Waals surface area contributed by atoms with E-state index < -0.39 is 40.4 Å². The standard InChI is InChI=1S/C11H11F3N2O2/c1-5(2)8(11(12,13)14)7-4-16-10(18)6(3-15)9(7)17/h4-5,8H,1-2H3,(H2,16,17,18). The van der Waals surface area contributed by atoms with E-state index in [2.05, 4.69) is 0 Å². The maximum absolute atomic E-state index is 12.9. The molecule has 0 saturated carbocycles. The van der Waals surface area contributed by atoms with Crippen molar-refractivity contribution in [3.05, 3.63) is 27.7 Å². The molecule has 1 aromatic heterocycles. The molecule has 0 aliphatic rings. The van der Waals surface area contributed by atoms with E-state index in [1.54, 1.807) is 0 Å². The molecule has 98 valence electrons. The van der Waals surface area contributed by atoms with Crippen LogP contribution in [0.1, 0.15) is 30.9 Å². The number of H-pyrrole nitrogens is 1. The zero-order chi connectivity index (χ0) is 14.1. The summed E-state index contributed by atoms with van der Waals surface area (Å²) in [5.74, 6) is -3.69. The summed E-state index contributed by atoms with van der Waals surface area (Å²) in [5, 5.41) is 18.2. The fourth-order valence-electron chi connectivity index (χ4n) is 1.79. The van der Waals surface area contributed by atoms with Gasteiger partial charge in [-0.15, -0.1) is 0 Å². The summed E-state index contributed by atoms with van der Waals surface area (Å²) in [7, 11) is 0. The third-order valence-corrected chi connectivity index (χ3v) is 2.56. The lowest BCUT2D eigenvalue weighted by Crippen LogP contribution is -2.27. The van der Waals surface area contributed by atoms with Crippen LogP contribution in [0.15, 0.2) is 11.0 Å². The minimum absolute atomic E-state index is 0.492. The summed E-state index contributed by atoms with van der Waals surface area (Å²) in [6.07, 6.45) is -3.77. The molecule has 0 spiro atoms. The van der Waals surface area contributed by atoms with Gasteiger partial charge in [0.25, 0.3) is 5.56 Å². The average Bonchev–Trinajstić information content (AvgIpc) is 2.20. The molecule has 1 heterocycles. The largest absolute Gasteiger partial charge is 0.506 e. The van der Waals surface area contributed by atoms with Crippen molar-refractivity contribution in [2.24, 2.45) is 5.92 Å². The van der Waals surface area contributed by atoms with Crippen LogP contribution in [0.25, 0.3) is 0 Å². The van der Waals surface area contributed by atoms with Crippen molar-refractivity contribution in [2.45, 2.75) is 25.9 Å². The number of aromatic amines is 1. The molecule has 1 unspecified atom stereocenters. The summed E-state index contributed by atoms with van der Waals surface area (Å²) >= 11 is 0. The first kappa shape index (κ1) is 14.1. The van der Waals surface area contributed by atoms with Crippen LogP contribution in [-0.4, -0.2) is 16.3 Å². The number of aromatic nitrogens is 1. The smallest absolute Gasteiger partial charge is 0.396 e. The lowest BCUT2D eigenvalue weighted by atomic mass is 9.87. The molecule has 0 aliphatic heterocycles. The van der Waals surface area contributed by atoms with Gasteiger partial charge in [0.1, 0.15) is 11.8 Å². The second kappa shape index (κ2) is 4.72. The van der Waals surface area contributed by atoms with Gasteiger partial charge in [-0.05, 0) is 5.92 Å². The number of nitrogens with one attached hydrogen (secondary N) is 1. The minimum Gasteiger partial charge on any atom is -0.506 e. The van der Waals surface area contributed by atoms with Gasteiger partial charge < -0.3 is 10.1 Å². The maximum atomic E-state index is 12.9. The molecule has 0 aromatic carbocycles. The van der Waals surface area contributed by atoms with Crippen LogP contribution in [0.2, 0.25) is 0 Å². The van der Waals surface area contributed by atoms with Gasteiger partial charge in [0.15, 0.2) is 5.56 Å². The van der Waals surface area contributed by atoms with E-state index in [9.17, 15) is 23.1 Å². The van der Waals surface area contributed by atoms with E-state index in [1.165, 1.54) is 19.9 Å². The SMILES string of the molecule is CC(C)C(c1c[nH]c(=O)c(C#N)c1O)C(F)(F)F. The summed E-state index contributed by atoms with van der Waals surface area (Å²) in [5.41, 5.74) is -2.11. The third-order valence-electron chi connectivity index (χ3n) is 2.56. The van der Waals surface area contributed by atoms with E-state index in [0.717, 1.165) is 6.20 Å². The van der Waals surface area contributed by atoms with Crippen molar-refractivity contribution in [2.75, 3.05) is 0 Å². The summed E-state index contributed by atoms with van der Waals surface area (Å²) in [6.45, 7) is 2.68. The van der Waals surface area contributed by atoms with Crippen molar-refractivity contribution < 1.29 is 18.3 Å². The van der Waals surface area contributed by atoms with Crippen LogP contribution in [0.4, 0.5) is 13.2 Å². The quantitative estimate of drug-likeness (QED) is 0.856. The minimum atomic E-state index is -4.57. The number of nitrogens with zero attached hydrogens (tertiary/aromatic N) is 1. The van der Waals surface area contributed by atoms with E-state index in [1.807, 2.05) is 4.98 Å². The number of pyridine rings is 1. The molecule has 4 nitrogen and oxygen atoms in total. The number of rotatable bonds is 2. The molecule has 0 bridgehead atoms. The Kier molecular flexibility index (Phi) is 3.70. The fraction of sp³-hybridized carbons (Fsp3) is 0.455. The van der Waals surface area contributed by atoms with Crippen molar-refractivity contribution in [3.8, 4) is 11.8 Å². The second-order valence-corrected chi connectivity index (χ2v) is 4.17. The summed E-state index contributed by atoms with van der Waals surface area (Å²) < 4.78 is 38.7. The van der Waals surface area contributed by atoms with Crippen LogP contribution in [0.3, 0.4) is 0 Å². The lowest BCUT2D eigenvalue weighted by Gasteiger charge is -2.24. The highest BCUT2D eigenvalue weighted by atomic mass is 19.4. The van der Waals surface area contributed by atoms with Crippen LogP contribution in [-0.2, 0) is 0 Å². The first-order chi connectivity index (χ1) is 8.20. The Labute approximate surface area is 101 Å². The van der Waals surface area contributed by atoms with Gasteiger partial charge >= 0.3 is 6.18 Å². The van der Waals surface area contributed by atoms with E-state index >= 15 is 0 Å². The zero-order valence-electron chi connectivity index (χ0n) is 9.67. The summed E-state index contributed by atoms with van der Waals surface area (Å²) in [6, 6.07) is 1.39. The first-order valence-corrected chi connectivity index (χ1v) is 5.11. The van der Waals surface area contributed by atoms with E-state index in [-0.39, 0.29) is 0 Å². The first-order valence-electron chi connectivity index (χ1n) is 5.11. The second-order valence-electron chi connectivity index (χ2n) is 4.17. The number of hydrogen-bond acceptors (Lipinski definition) is 3. The number of halogens is 3. The molecular weight excluding hydrogens is 249 g/mol. The third kappa shape index (κ3) is 2.47. The van der Waals surface area contributed by atoms with Gasteiger partial charge in [-0.25, -0.2) is 0 Å². The molecule has 1 atom stereocenters. The van der Waals surface area contributed by atoms with Gasteiger partial charge in [0.05, 0.1) is 5.92 Å².